The summed E-state index contributed by atoms with van der Waals surface area (Å²) < 4.78 is 17.2. The van der Waals surface area contributed by atoms with E-state index in [0.29, 0.717) is 22.8 Å². The molecule has 0 fully saturated rings. The van der Waals surface area contributed by atoms with Crippen molar-refractivity contribution in [2.75, 3.05) is 26.6 Å². The van der Waals surface area contributed by atoms with Gasteiger partial charge in [0.1, 0.15) is 10.0 Å². The molecule has 2 aromatic carbocycles. The van der Waals surface area contributed by atoms with Crippen LogP contribution >= 0.6 is 22.7 Å². The molecule has 0 spiro atoms. The summed E-state index contributed by atoms with van der Waals surface area (Å²) in [6, 6.07) is 11.3. The standard InChI is InChI=1S/C23H22N2O4S2/c1-12-13(2)30-23(19(12)22-24-15-8-6-7-9-18(15)31-22)25-21(26)14-10-16(27-3)20(29-5)17(11-14)28-4/h6-11H,1-5H3,(H,25,26). The predicted octanol–water partition coefficient (Wildman–Crippen LogP) is 5.92. The number of thiazole rings is 1. The van der Waals surface area contributed by atoms with Crippen molar-refractivity contribution >= 4 is 43.8 Å². The average Bonchev–Trinajstić information content (AvgIpc) is 3.32. The highest BCUT2D eigenvalue weighted by atomic mass is 32.1. The number of nitrogens with zero attached hydrogens (tertiary/aromatic N) is 1. The fraction of sp³-hybridized carbons (Fsp3) is 0.217. The molecule has 1 N–H and O–H groups in total. The third-order valence-electron chi connectivity index (χ3n) is 5.05. The molecule has 0 bridgehead atoms. The van der Waals surface area contributed by atoms with Crippen LogP contribution < -0.4 is 19.5 Å². The number of benzene rings is 2. The first kappa shape index (κ1) is 21.1. The maximum atomic E-state index is 13.2. The van der Waals surface area contributed by atoms with Gasteiger partial charge in [-0.3, -0.25) is 4.79 Å². The van der Waals surface area contributed by atoms with Crippen molar-refractivity contribution in [3.05, 3.63) is 52.4 Å². The molecule has 1 amide bonds. The van der Waals surface area contributed by atoms with E-state index in [0.717, 1.165) is 36.2 Å². The summed E-state index contributed by atoms with van der Waals surface area (Å²) in [5, 5.41) is 4.73. The number of carbonyl (C=O) groups excluding carboxylic acids is 1. The van der Waals surface area contributed by atoms with Gasteiger partial charge in [-0.2, -0.15) is 0 Å². The fourth-order valence-electron chi connectivity index (χ4n) is 3.34. The lowest BCUT2D eigenvalue weighted by atomic mass is 10.1. The van der Waals surface area contributed by atoms with Crippen molar-refractivity contribution in [3.63, 3.8) is 0 Å². The smallest absolute Gasteiger partial charge is 0.256 e. The van der Waals surface area contributed by atoms with Crippen LogP contribution in [0.5, 0.6) is 17.2 Å². The van der Waals surface area contributed by atoms with Gasteiger partial charge < -0.3 is 19.5 Å². The Morgan fingerprint density at radius 2 is 1.65 bits per heavy atom. The molecule has 0 aliphatic heterocycles. The molecule has 0 aliphatic carbocycles. The number of anilines is 1. The highest BCUT2D eigenvalue weighted by Crippen LogP contribution is 2.44. The van der Waals surface area contributed by atoms with Gasteiger partial charge in [0.2, 0.25) is 5.75 Å². The molecule has 2 heterocycles. The number of para-hydroxylation sites is 1. The molecule has 160 valence electrons. The zero-order valence-corrected chi connectivity index (χ0v) is 19.5. The average molecular weight is 455 g/mol. The summed E-state index contributed by atoms with van der Waals surface area (Å²) in [5.74, 6) is 1.04. The largest absolute Gasteiger partial charge is 0.493 e. The summed E-state index contributed by atoms with van der Waals surface area (Å²) >= 11 is 3.16. The van der Waals surface area contributed by atoms with Gasteiger partial charge in [0, 0.05) is 16.0 Å². The number of fused-ring (bicyclic) bond motifs is 1. The molecule has 0 saturated heterocycles. The minimum Gasteiger partial charge on any atom is -0.493 e. The third-order valence-corrected chi connectivity index (χ3v) is 7.22. The summed E-state index contributed by atoms with van der Waals surface area (Å²) in [7, 11) is 4.58. The lowest BCUT2D eigenvalue weighted by Crippen LogP contribution is -2.12. The number of amides is 1. The van der Waals surface area contributed by atoms with Gasteiger partial charge in [0.15, 0.2) is 11.5 Å². The van der Waals surface area contributed by atoms with Gasteiger partial charge >= 0.3 is 0 Å². The first-order valence-corrected chi connectivity index (χ1v) is 11.2. The highest BCUT2D eigenvalue weighted by Gasteiger charge is 2.22. The number of ether oxygens (including phenoxy) is 3. The molecule has 31 heavy (non-hydrogen) atoms. The lowest BCUT2D eigenvalue weighted by Gasteiger charge is -2.14. The van der Waals surface area contributed by atoms with Gasteiger partial charge in [-0.15, -0.1) is 22.7 Å². The molecule has 0 atom stereocenters. The lowest BCUT2D eigenvalue weighted by molar-refractivity contribution is 0.102. The second-order valence-electron chi connectivity index (χ2n) is 6.84. The molecule has 4 rings (SSSR count). The maximum absolute atomic E-state index is 13.2. The maximum Gasteiger partial charge on any atom is 0.256 e. The van der Waals surface area contributed by atoms with Crippen molar-refractivity contribution in [3.8, 4) is 27.8 Å². The SMILES string of the molecule is COc1cc(C(=O)Nc2sc(C)c(C)c2-c2nc3ccccc3s2)cc(OC)c1OC. The Bertz CT molecular complexity index is 1220. The molecular formula is C23H22N2O4S2. The monoisotopic (exact) mass is 454 g/mol. The van der Waals surface area contributed by atoms with Crippen LogP contribution in [0.2, 0.25) is 0 Å². The second-order valence-corrected chi connectivity index (χ2v) is 9.10. The minimum absolute atomic E-state index is 0.261. The molecule has 8 heteroatoms. The van der Waals surface area contributed by atoms with Gasteiger partial charge in [0.05, 0.1) is 31.5 Å². The Kier molecular flexibility index (Phi) is 5.84. The van der Waals surface area contributed by atoms with E-state index < -0.39 is 0 Å². The second kappa shape index (κ2) is 8.56. The van der Waals surface area contributed by atoms with E-state index in [9.17, 15) is 4.79 Å². The van der Waals surface area contributed by atoms with Crippen molar-refractivity contribution in [2.24, 2.45) is 0 Å². The van der Waals surface area contributed by atoms with Crippen LogP contribution in [0.3, 0.4) is 0 Å². The van der Waals surface area contributed by atoms with Gasteiger partial charge in [-0.25, -0.2) is 4.98 Å². The van der Waals surface area contributed by atoms with Crippen LogP contribution in [0.25, 0.3) is 20.8 Å². The minimum atomic E-state index is -0.261. The van der Waals surface area contributed by atoms with E-state index in [2.05, 4.69) is 18.3 Å². The Morgan fingerprint density at radius 1 is 0.968 bits per heavy atom. The van der Waals surface area contributed by atoms with Crippen LogP contribution in [0.1, 0.15) is 20.8 Å². The van der Waals surface area contributed by atoms with Crippen molar-refractivity contribution in [2.45, 2.75) is 13.8 Å². The molecule has 4 aromatic rings. The Labute approximate surface area is 188 Å². The first-order chi connectivity index (χ1) is 15.0. The van der Waals surface area contributed by atoms with Crippen molar-refractivity contribution in [1.82, 2.24) is 4.98 Å². The number of aromatic nitrogens is 1. The zero-order valence-electron chi connectivity index (χ0n) is 17.9. The van der Waals surface area contributed by atoms with Gasteiger partial charge in [-0.05, 0) is 43.7 Å². The Balaban J connectivity index is 1.74. The van der Waals surface area contributed by atoms with E-state index >= 15 is 0 Å². The number of rotatable bonds is 6. The van der Waals surface area contributed by atoms with Crippen LogP contribution in [-0.4, -0.2) is 32.2 Å². The molecule has 0 aliphatic rings. The highest BCUT2D eigenvalue weighted by molar-refractivity contribution is 7.22. The topological polar surface area (TPSA) is 69.7 Å². The van der Waals surface area contributed by atoms with Gasteiger partial charge in [-0.1, -0.05) is 12.1 Å². The molecule has 0 unspecified atom stereocenters. The van der Waals surface area contributed by atoms with Gasteiger partial charge in [0.25, 0.3) is 5.91 Å². The van der Waals surface area contributed by atoms with Crippen molar-refractivity contribution in [1.29, 1.82) is 0 Å². The number of aryl methyl sites for hydroxylation is 1. The molecular weight excluding hydrogens is 432 g/mol. The number of nitrogens with one attached hydrogen (secondary N) is 1. The normalized spacial score (nSPS) is 10.9. The number of methoxy groups -OCH3 is 3. The Hall–Kier alpha value is -3.10. The quantitative estimate of drug-likeness (QED) is 0.392. The number of hydrogen-bond acceptors (Lipinski definition) is 7. The van der Waals surface area contributed by atoms with Crippen molar-refractivity contribution < 1.29 is 19.0 Å². The van der Waals surface area contributed by atoms with Crippen LogP contribution in [-0.2, 0) is 0 Å². The summed E-state index contributed by atoms with van der Waals surface area (Å²) in [6.45, 7) is 4.11. The van der Waals surface area contributed by atoms with E-state index in [1.807, 2.05) is 25.1 Å². The molecule has 0 saturated carbocycles. The van der Waals surface area contributed by atoms with E-state index in [1.165, 1.54) is 21.3 Å². The fourth-order valence-corrected chi connectivity index (χ4v) is 5.54. The predicted molar refractivity (Wildman–Crippen MR) is 126 cm³/mol. The number of thiophene rings is 1. The van der Waals surface area contributed by atoms with E-state index in [-0.39, 0.29) is 5.91 Å². The summed E-state index contributed by atoms with van der Waals surface area (Å²) in [4.78, 5) is 19.1. The van der Waals surface area contributed by atoms with Crippen LogP contribution in [0.4, 0.5) is 5.00 Å². The summed E-state index contributed by atoms with van der Waals surface area (Å²) in [6.07, 6.45) is 0. The van der Waals surface area contributed by atoms with E-state index in [1.54, 1.807) is 34.8 Å². The molecule has 2 aromatic heterocycles. The third kappa shape index (κ3) is 3.84. The molecule has 6 nitrogen and oxygen atoms in total. The zero-order chi connectivity index (χ0) is 22.1. The van der Waals surface area contributed by atoms with E-state index in [4.69, 9.17) is 19.2 Å². The van der Waals surface area contributed by atoms with Crippen LogP contribution in [0.15, 0.2) is 36.4 Å². The molecule has 0 radical (unpaired) electrons. The summed E-state index contributed by atoms with van der Waals surface area (Å²) in [5.41, 5.74) is 3.44. The Morgan fingerprint density at radius 3 is 2.26 bits per heavy atom. The number of hydrogen-bond donors (Lipinski definition) is 1. The van der Waals surface area contributed by atoms with Crippen LogP contribution in [0, 0.1) is 13.8 Å². The number of carbonyl (C=O) groups is 1. The first-order valence-electron chi connectivity index (χ1n) is 9.54.